The van der Waals surface area contributed by atoms with Crippen molar-refractivity contribution < 1.29 is 9.59 Å². The predicted octanol–water partition coefficient (Wildman–Crippen LogP) is 7.79. The molecule has 4 nitrogen and oxygen atoms in total. The van der Waals surface area contributed by atoms with Gasteiger partial charge in [-0.05, 0) is 82.3 Å². The molecule has 1 aliphatic carbocycles. The Balaban J connectivity index is 1.41. The van der Waals surface area contributed by atoms with Crippen LogP contribution in [-0.2, 0) is 28.1 Å². The van der Waals surface area contributed by atoms with E-state index in [4.69, 9.17) is 0 Å². The highest BCUT2D eigenvalue weighted by atomic mass is 79.9. The summed E-state index contributed by atoms with van der Waals surface area (Å²) in [6.45, 7) is 1.08. The monoisotopic (exact) mass is 656 g/mol. The van der Waals surface area contributed by atoms with Crippen molar-refractivity contribution in [3.63, 3.8) is 0 Å². The van der Waals surface area contributed by atoms with Crippen LogP contribution in [0.1, 0.15) is 46.6 Å². The van der Waals surface area contributed by atoms with Gasteiger partial charge in [0.05, 0.1) is 13.1 Å². The Hall–Kier alpha value is -2.26. The number of fused-ring (bicyclic) bond motifs is 3. The second kappa shape index (κ2) is 11.6. The minimum absolute atomic E-state index is 0.0231. The summed E-state index contributed by atoms with van der Waals surface area (Å²) in [5.41, 5.74) is 4.24. The van der Waals surface area contributed by atoms with Gasteiger partial charge in [0.15, 0.2) is 0 Å². The zero-order valence-electron chi connectivity index (χ0n) is 20.1. The van der Waals surface area contributed by atoms with E-state index in [0.29, 0.717) is 38.8 Å². The van der Waals surface area contributed by atoms with Crippen LogP contribution in [0.2, 0.25) is 0 Å². The van der Waals surface area contributed by atoms with E-state index in [1.54, 1.807) is 22.7 Å². The SMILES string of the molecule is O=C(CCC1(CCC(=O)NCc2cccs2)c2cc(Br)ccc2-c2ccc(Br)cc21)NCc1cccs1. The Bertz CT molecular complexity index is 1290. The van der Waals surface area contributed by atoms with Gasteiger partial charge >= 0.3 is 0 Å². The molecule has 190 valence electrons. The molecular weight excluding hydrogens is 632 g/mol. The molecule has 37 heavy (non-hydrogen) atoms. The lowest BCUT2D eigenvalue weighted by atomic mass is 9.71. The molecule has 2 aromatic heterocycles. The number of nitrogens with one attached hydrogen (secondary N) is 2. The molecule has 4 aromatic rings. The molecule has 0 spiro atoms. The van der Waals surface area contributed by atoms with E-state index in [9.17, 15) is 9.59 Å². The topological polar surface area (TPSA) is 58.2 Å². The number of halogens is 2. The lowest BCUT2D eigenvalue weighted by molar-refractivity contribution is -0.121. The van der Waals surface area contributed by atoms with Gasteiger partial charge in [-0.25, -0.2) is 0 Å². The molecule has 0 atom stereocenters. The molecule has 2 N–H and O–H groups in total. The Morgan fingerprint density at radius 3 is 1.57 bits per heavy atom. The Morgan fingerprint density at radius 2 is 1.16 bits per heavy atom. The number of amides is 2. The van der Waals surface area contributed by atoms with Crippen molar-refractivity contribution >= 4 is 66.3 Å². The van der Waals surface area contributed by atoms with E-state index in [1.807, 2.05) is 35.0 Å². The Morgan fingerprint density at radius 1 is 0.703 bits per heavy atom. The quantitative estimate of drug-likeness (QED) is 0.183. The van der Waals surface area contributed by atoms with Crippen molar-refractivity contribution in [2.75, 3.05) is 0 Å². The minimum Gasteiger partial charge on any atom is -0.351 e. The summed E-state index contributed by atoms with van der Waals surface area (Å²) in [4.78, 5) is 28.2. The van der Waals surface area contributed by atoms with Crippen LogP contribution in [0.5, 0.6) is 0 Å². The maximum Gasteiger partial charge on any atom is 0.220 e. The average molecular weight is 658 g/mol. The van der Waals surface area contributed by atoms with Gasteiger partial charge < -0.3 is 10.6 Å². The molecule has 0 unspecified atom stereocenters. The van der Waals surface area contributed by atoms with E-state index >= 15 is 0 Å². The van der Waals surface area contributed by atoms with Crippen molar-refractivity contribution in [2.24, 2.45) is 0 Å². The third kappa shape index (κ3) is 5.93. The van der Waals surface area contributed by atoms with Crippen molar-refractivity contribution in [2.45, 2.75) is 44.2 Å². The Labute approximate surface area is 241 Å². The zero-order valence-corrected chi connectivity index (χ0v) is 24.9. The normalized spacial score (nSPS) is 13.1. The summed E-state index contributed by atoms with van der Waals surface area (Å²) in [5.74, 6) is 0.0461. The predicted molar refractivity (Wildman–Crippen MR) is 159 cm³/mol. The van der Waals surface area contributed by atoms with Crippen LogP contribution in [0.4, 0.5) is 0 Å². The number of carbonyl (C=O) groups is 2. The second-order valence-corrected chi connectivity index (χ2v) is 13.1. The van der Waals surface area contributed by atoms with Gasteiger partial charge in [-0.1, -0.05) is 56.1 Å². The highest BCUT2D eigenvalue weighted by molar-refractivity contribution is 9.10. The summed E-state index contributed by atoms with van der Waals surface area (Å²) >= 11 is 10.6. The molecule has 5 rings (SSSR count). The standard InChI is InChI=1S/C29H26Br2N2O2S2/c30-19-5-7-23-24-8-6-20(31)16-26(24)29(25(23)15-19,11-9-27(34)32-17-21-3-1-13-36-21)12-10-28(35)33-18-22-4-2-14-37-22/h1-8,13-16H,9-12,17-18H2,(H,32,34)(H,33,35). The van der Waals surface area contributed by atoms with Crippen LogP contribution in [-0.4, -0.2) is 11.8 Å². The highest BCUT2D eigenvalue weighted by Gasteiger charge is 2.43. The molecule has 2 amide bonds. The highest BCUT2D eigenvalue weighted by Crippen LogP contribution is 2.54. The number of benzene rings is 2. The third-order valence-electron chi connectivity index (χ3n) is 6.92. The van der Waals surface area contributed by atoms with Crippen molar-refractivity contribution in [1.82, 2.24) is 10.6 Å². The molecule has 0 fully saturated rings. The van der Waals surface area contributed by atoms with Crippen LogP contribution in [0.25, 0.3) is 11.1 Å². The van der Waals surface area contributed by atoms with Gasteiger partial charge in [0.1, 0.15) is 0 Å². The number of rotatable bonds is 10. The van der Waals surface area contributed by atoms with E-state index < -0.39 is 5.41 Å². The van der Waals surface area contributed by atoms with Crippen molar-refractivity contribution in [3.05, 3.63) is 101 Å². The summed E-state index contributed by atoms with van der Waals surface area (Å²) < 4.78 is 1.98. The van der Waals surface area contributed by atoms with Crippen LogP contribution in [0.3, 0.4) is 0 Å². The molecule has 2 heterocycles. The maximum atomic E-state index is 13.0. The fourth-order valence-corrected chi connectivity index (χ4v) is 7.14. The van der Waals surface area contributed by atoms with E-state index in [-0.39, 0.29) is 11.8 Å². The number of thiophene rings is 2. The first kappa shape index (κ1) is 26.4. The molecule has 0 bridgehead atoms. The van der Waals surface area contributed by atoms with Gasteiger partial charge in [-0.15, -0.1) is 22.7 Å². The van der Waals surface area contributed by atoms with Crippen LogP contribution in [0.15, 0.2) is 80.4 Å². The molecular formula is C29H26Br2N2O2S2. The molecule has 2 aromatic carbocycles. The van der Waals surface area contributed by atoms with Gasteiger partial charge in [0, 0.05) is 37.0 Å². The van der Waals surface area contributed by atoms with Gasteiger partial charge in [-0.2, -0.15) is 0 Å². The molecule has 1 aliphatic rings. The summed E-state index contributed by atoms with van der Waals surface area (Å²) in [5, 5.41) is 10.2. The molecule has 0 radical (unpaired) electrons. The fraction of sp³-hybridized carbons (Fsp3) is 0.241. The van der Waals surface area contributed by atoms with Gasteiger partial charge in [-0.3, -0.25) is 9.59 Å². The lowest BCUT2D eigenvalue weighted by Crippen LogP contribution is -2.32. The first-order valence-corrected chi connectivity index (χ1v) is 15.5. The first-order valence-electron chi connectivity index (χ1n) is 12.1. The number of carbonyl (C=O) groups excluding carboxylic acids is 2. The van der Waals surface area contributed by atoms with E-state index in [2.05, 4.69) is 78.9 Å². The first-order chi connectivity index (χ1) is 17.9. The van der Waals surface area contributed by atoms with Crippen LogP contribution >= 0.6 is 54.5 Å². The molecule has 0 saturated carbocycles. The fourth-order valence-electron chi connectivity index (χ4n) is 5.13. The lowest BCUT2D eigenvalue weighted by Gasteiger charge is -2.32. The van der Waals surface area contributed by atoms with Crippen LogP contribution < -0.4 is 10.6 Å². The second-order valence-electron chi connectivity index (χ2n) is 9.17. The maximum absolute atomic E-state index is 13.0. The zero-order chi connectivity index (χ0) is 25.8. The van der Waals surface area contributed by atoms with Crippen molar-refractivity contribution in [3.8, 4) is 11.1 Å². The molecule has 0 saturated heterocycles. The summed E-state index contributed by atoms with van der Waals surface area (Å²) in [6.07, 6.45) is 1.99. The average Bonchev–Trinajstić information content (AvgIpc) is 3.65. The van der Waals surface area contributed by atoms with Crippen LogP contribution in [0, 0.1) is 0 Å². The third-order valence-corrected chi connectivity index (χ3v) is 9.66. The molecule has 0 aliphatic heterocycles. The number of hydrogen-bond acceptors (Lipinski definition) is 4. The molecule has 8 heteroatoms. The minimum atomic E-state index is -0.446. The van der Waals surface area contributed by atoms with E-state index in [0.717, 1.165) is 18.7 Å². The summed E-state index contributed by atoms with van der Waals surface area (Å²) in [7, 11) is 0. The van der Waals surface area contributed by atoms with Crippen molar-refractivity contribution in [1.29, 1.82) is 0 Å². The van der Waals surface area contributed by atoms with Gasteiger partial charge in [0.25, 0.3) is 0 Å². The summed E-state index contributed by atoms with van der Waals surface area (Å²) in [6, 6.07) is 20.8. The van der Waals surface area contributed by atoms with E-state index in [1.165, 1.54) is 22.3 Å². The number of hydrogen-bond donors (Lipinski definition) is 2. The Kier molecular flexibility index (Phi) is 8.29. The smallest absolute Gasteiger partial charge is 0.220 e. The van der Waals surface area contributed by atoms with Gasteiger partial charge in [0.2, 0.25) is 11.8 Å². The largest absolute Gasteiger partial charge is 0.351 e.